The normalized spacial score (nSPS) is 17.2. The zero-order chi connectivity index (χ0) is 48.7. The molecular formula is C41H60N14O11. The highest BCUT2D eigenvalue weighted by molar-refractivity contribution is 5.98. The lowest BCUT2D eigenvalue weighted by Gasteiger charge is -2.31. The first-order valence-electron chi connectivity index (χ1n) is 21.3. The largest absolute Gasteiger partial charge is 0.481 e. The van der Waals surface area contributed by atoms with Gasteiger partial charge in [-0.15, -0.1) is 0 Å². The number of rotatable bonds is 25. The number of aliphatic hydroxyl groups excluding tert-OH is 2. The molecule has 0 unspecified atom stereocenters. The van der Waals surface area contributed by atoms with E-state index in [9.17, 15) is 53.7 Å². The Balaban J connectivity index is 1.61. The standard InChI is InChI=1S/C41H60N14O11/c1-20(56)32(42)39(65)50-26(11-12-31(58)59)35(61)52-29(16-23-18-46-19-49-23)36(62)51-27(9-5-13-47-41(44)45)40(66)55-14-6-10-30(55)38(64)53-28(37(63)54-33(21(2)57)34(43)60)15-22-17-48-25-8-4-3-7-24(22)25/h3-4,7-8,17-21,26-30,32-33,48,56-57H,5-6,9-16,42H2,1-2H3,(H2,43,60)(H,46,49)(H,50,65)(H,51,62)(H,52,61)(H,53,64)(H,54,63)(H,58,59)(H4,44,45,47)/t20-,21-,26+,27+,28+,29+,30+,32+,33+/m1/s1. The third-order valence-corrected chi connectivity index (χ3v) is 10.9. The fourth-order valence-electron chi connectivity index (χ4n) is 7.34. The van der Waals surface area contributed by atoms with Gasteiger partial charge in [0.2, 0.25) is 41.4 Å². The molecule has 1 aromatic carbocycles. The number of benzene rings is 1. The minimum atomic E-state index is -1.52. The van der Waals surface area contributed by atoms with Crippen molar-refractivity contribution < 1.29 is 53.7 Å². The number of aliphatic imine (C=N–C) groups is 1. The first-order valence-corrected chi connectivity index (χ1v) is 21.3. The van der Waals surface area contributed by atoms with E-state index in [0.29, 0.717) is 17.7 Å². The molecule has 2 aromatic heterocycles. The summed E-state index contributed by atoms with van der Waals surface area (Å²) >= 11 is 0. The zero-order valence-corrected chi connectivity index (χ0v) is 36.6. The highest BCUT2D eigenvalue weighted by Crippen LogP contribution is 2.23. The summed E-state index contributed by atoms with van der Waals surface area (Å²) in [5, 5.41) is 42.8. The van der Waals surface area contributed by atoms with E-state index in [-0.39, 0.29) is 51.2 Å². The van der Waals surface area contributed by atoms with Crippen LogP contribution in [0.4, 0.5) is 0 Å². The van der Waals surface area contributed by atoms with Crippen LogP contribution in [0.25, 0.3) is 10.9 Å². The number of carbonyl (C=O) groups excluding carboxylic acids is 7. The quantitative estimate of drug-likeness (QED) is 0.0217. The lowest BCUT2D eigenvalue weighted by Crippen LogP contribution is -2.60. The fraction of sp³-hybridized carbons (Fsp3) is 0.512. The molecule has 7 amide bonds. The number of nitrogens with zero attached hydrogens (tertiary/aromatic N) is 3. The van der Waals surface area contributed by atoms with E-state index in [4.69, 9.17) is 22.9 Å². The van der Waals surface area contributed by atoms with Gasteiger partial charge < -0.3 is 79.7 Å². The summed E-state index contributed by atoms with van der Waals surface area (Å²) in [4.78, 5) is 122. The van der Waals surface area contributed by atoms with E-state index in [2.05, 4.69) is 46.5 Å². The SMILES string of the molecule is C[C@@H](O)[C@H](N)C(=O)N[C@@H](CCC(=O)O)C(=O)N[C@@H](Cc1cnc[nH]1)C(=O)N[C@@H](CCCN=C(N)N)C(=O)N1CCC[C@H]1C(=O)N[C@@H](Cc1c[nH]c2ccccc12)C(=O)N[C@H](C(N)=O)[C@@H](C)O. The Morgan fingerprint density at radius 3 is 2.12 bits per heavy atom. The molecule has 0 aliphatic carbocycles. The number of carboxylic acid groups (broad SMARTS) is 1. The number of hydrogen-bond acceptors (Lipinski definition) is 13. The number of hydrogen-bond donors (Lipinski definition) is 14. The molecule has 9 atom stereocenters. The number of H-pyrrole nitrogens is 2. The fourth-order valence-corrected chi connectivity index (χ4v) is 7.34. The molecule has 25 nitrogen and oxygen atoms in total. The number of guanidine groups is 1. The number of primary amides is 1. The predicted octanol–water partition coefficient (Wildman–Crippen LogP) is -4.42. The number of nitrogens with two attached hydrogens (primary N) is 4. The number of aliphatic hydroxyl groups is 2. The number of aliphatic carboxylic acids is 1. The number of likely N-dealkylation sites (tertiary alicyclic amines) is 1. The van der Waals surface area contributed by atoms with Crippen molar-refractivity contribution in [2.75, 3.05) is 13.1 Å². The average molecular weight is 925 g/mol. The minimum Gasteiger partial charge on any atom is -0.481 e. The Labute approximate surface area is 378 Å². The van der Waals surface area contributed by atoms with Crippen molar-refractivity contribution in [2.45, 2.75) is 120 Å². The van der Waals surface area contributed by atoms with Gasteiger partial charge in [-0.05, 0) is 57.6 Å². The van der Waals surface area contributed by atoms with Crippen LogP contribution in [0.3, 0.4) is 0 Å². The molecule has 66 heavy (non-hydrogen) atoms. The predicted molar refractivity (Wildman–Crippen MR) is 236 cm³/mol. The third-order valence-electron chi connectivity index (χ3n) is 10.9. The van der Waals surface area contributed by atoms with Crippen molar-refractivity contribution in [3.63, 3.8) is 0 Å². The van der Waals surface area contributed by atoms with Crippen LogP contribution in [0, 0.1) is 0 Å². The summed E-state index contributed by atoms with van der Waals surface area (Å²) in [5.41, 5.74) is 24.0. The van der Waals surface area contributed by atoms with Gasteiger partial charge in [0.25, 0.3) is 0 Å². The van der Waals surface area contributed by atoms with E-state index in [1.54, 1.807) is 12.3 Å². The van der Waals surface area contributed by atoms with Crippen LogP contribution < -0.4 is 49.5 Å². The van der Waals surface area contributed by atoms with Crippen molar-refractivity contribution in [2.24, 2.45) is 27.9 Å². The number of amides is 7. The Morgan fingerprint density at radius 1 is 0.833 bits per heavy atom. The van der Waals surface area contributed by atoms with Gasteiger partial charge in [0.05, 0.1) is 18.5 Å². The van der Waals surface area contributed by atoms with E-state index in [1.165, 1.54) is 31.3 Å². The molecule has 0 radical (unpaired) electrons. The highest BCUT2D eigenvalue weighted by atomic mass is 16.4. The van der Waals surface area contributed by atoms with E-state index < -0.39 is 115 Å². The second-order valence-electron chi connectivity index (χ2n) is 16.1. The van der Waals surface area contributed by atoms with Crippen LogP contribution in [0.1, 0.15) is 63.6 Å². The van der Waals surface area contributed by atoms with Crippen molar-refractivity contribution >= 4 is 64.2 Å². The second kappa shape index (κ2) is 24.2. The number of fused-ring (bicyclic) bond motifs is 1. The number of para-hydroxylation sites is 1. The summed E-state index contributed by atoms with van der Waals surface area (Å²) in [7, 11) is 0. The topological polar surface area (TPSA) is 422 Å². The molecule has 0 saturated carbocycles. The summed E-state index contributed by atoms with van der Waals surface area (Å²) in [6.45, 7) is 2.62. The molecule has 3 aromatic rings. The summed E-state index contributed by atoms with van der Waals surface area (Å²) in [6.07, 6.45) is 0.997. The van der Waals surface area contributed by atoms with Crippen LogP contribution in [0.5, 0.6) is 0 Å². The molecule has 0 bridgehead atoms. The third kappa shape index (κ3) is 14.7. The molecule has 4 rings (SSSR count). The molecule has 1 fully saturated rings. The number of nitrogens with one attached hydrogen (secondary N) is 7. The summed E-state index contributed by atoms with van der Waals surface area (Å²) < 4.78 is 0. The van der Waals surface area contributed by atoms with Crippen LogP contribution in [-0.2, 0) is 51.2 Å². The van der Waals surface area contributed by atoms with Crippen molar-refractivity contribution in [3.05, 3.63) is 54.2 Å². The average Bonchev–Trinajstić information content (AvgIpc) is 4.06. The lowest BCUT2D eigenvalue weighted by molar-refractivity contribution is -0.143. The molecule has 0 spiro atoms. The van der Waals surface area contributed by atoms with Gasteiger partial charge in [-0.25, -0.2) is 4.98 Å². The van der Waals surface area contributed by atoms with Gasteiger partial charge in [0.1, 0.15) is 42.3 Å². The Morgan fingerprint density at radius 2 is 1.48 bits per heavy atom. The van der Waals surface area contributed by atoms with Gasteiger partial charge in [0, 0.05) is 61.3 Å². The number of imidazole rings is 1. The minimum absolute atomic E-state index is 0.0448. The molecule has 1 saturated heterocycles. The van der Waals surface area contributed by atoms with Crippen LogP contribution in [0.15, 0.2) is 48.0 Å². The van der Waals surface area contributed by atoms with Gasteiger partial charge >= 0.3 is 5.97 Å². The van der Waals surface area contributed by atoms with Gasteiger partial charge in [-0.1, -0.05) is 18.2 Å². The molecule has 1 aliphatic heterocycles. The maximum absolute atomic E-state index is 14.5. The maximum atomic E-state index is 14.5. The molecule has 3 heterocycles. The molecular weight excluding hydrogens is 865 g/mol. The van der Waals surface area contributed by atoms with Crippen molar-refractivity contribution in [1.29, 1.82) is 0 Å². The highest BCUT2D eigenvalue weighted by Gasteiger charge is 2.40. The Kier molecular flexibility index (Phi) is 18.9. The first kappa shape index (κ1) is 51.5. The summed E-state index contributed by atoms with van der Waals surface area (Å²) in [5.74, 6) is -7.60. The number of aromatic amines is 2. The van der Waals surface area contributed by atoms with Gasteiger partial charge in [-0.2, -0.15) is 0 Å². The van der Waals surface area contributed by atoms with Crippen LogP contribution in [-0.4, -0.2) is 156 Å². The monoisotopic (exact) mass is 924 g/mol. The first-order chi connectivity index (χ1) is 31.3. The smallest absolute Gasteiger partial charge is 0.303 e. The van der Waals surface area contributed by atoms with Crippen LogP contribution >= 0.6 is 0 Å². The number of carboxylic acids is 1. The van der Waals surface area contributed by atoms with E-state index >= 15 is 0 Å². The lowest BCUT2D eigenvalue weighted by atomic mass is 10.0. The van der Waals surface area contributed by atoms with Crippen molar-refractivity contribution in [3.8, 4) is 0 Å². The molecule has 25 heteroatoms. The maximum Gasteiger partial charge on any atom is 0.303 e. The Hall–Kier alpha value is -7.12. The molecule has 360 valence electrons. The number of carbonyl (C=O) groups is 8. The van der Waals surface area contributed by atoms with Crippen LogP contribution in [0.2, 0.25) is 0 Å². The molecule has 18 N–H and O–H groups in total. The summed E-state index contributed by atoms with van der Waals surface area (Å²) in [6, 6.07) is -2.53. The van der Waals surface area contributed by atoms with Gasteiger partial charge in [0.15, 0.2) is 5.96 Å². The second-order valence-corrected chi connectivity index (χ2v) is 16.1. The van der Waals surface area contributed by atoms with Gasteiger partial charge in [-0.3, -0.25) is 43.3 Å². The number of aromatic nitrogens is 3. The Bertz CT molecular complexity index is 2210. The van der Waals surface area contributed by atoms with E-state index in [1.807, 2.05) is 18.2 Å². The molecule has 1 aliphatic rings. The van der Waals surface area contributed by atoms with Crippen molar-refractivity contribution in [1.82, 2.24) is 46.4 Å². The zero-order valence-electron chi connectivity index (χ0n) is 36.6. The van der Waals surface area contributed by atoms with E-state index in [0.717, 1.165) is 10.9 Å².